The smallest absolute Gasteiger partial charge is 0.0841 e. The van der Waals surface area contributed by atoms with Crippen LogP contribution in [-0.2, 0) is 9.47 Å². The van der Waals surface area contributed by atoms with Gasteiger partial charge in [-0.2, -0.15) is 0 Å². The van der Waals surface area contributed by atoms with E-state index in [0.717, 1.165) is 0 Å². The molecule has 0 radical (unpaired) electrons. The maximum atomic E-state index is 8.74. The van der Waals surface area contributed by atoms with Crippen molar-refractivity contribution in [2.24, 2.45) is 0 Å². The van der Waals surface area contributed by atoms with Crippen molar-refractivity contribution in [3.63, 3.8) is 0 Å². The standard InChI is InChI=1S/C8H16O3/c1-3-4-8(7-9)11-6-5-10-2/h3,8-9H,1,4-7H2,2H3/t8-/m1/s1. The number of aliphatic hydroxyl groups is 1. The van der Waals surface area contributed by atoms with Crippen molar-refractivity contribution in [1.29, 1.82) is 0 Å². The van der Waals surface area contributed by atoms with Crippen LogP contribution in [0, 0.1) is 0 Å². The fourth-order valence-corrected chi connectivity index (χ4v) is 0.679. The van der Waals surface area contributed by atoms with Crippen molar-refractivity contribution in [3.05, 3.63) is 12.7 Å². The Hall–Kier alpha value is -0.380. The minimum atomic E-state index is -0.123. The fraction of sp³-hybridized carbons (Fsp3) is 0.750. The Kier molecular flexibility index (Phi) is 7.46. The first-order chi connectivity index (χ1) is 5.35. The van der Waals surface area contributed by atoms with Crippen LogP contribution in [-0.4, -0.2) is 38.1 Å². The van der Waals surface area contributed by atoms with E-state index in [1.165, 1.54) is 0 Å². The number of hydrogen-bond donors (Lipinski definition) is 1. The second-order valence-corrected chi connectivity index (χ2v) is 2.19. The molecule has 0 unspecified atom stereocenters. The number of rotatable bonds is 7. The first-order valence-corrected chi connectivity index (χ1v) is 3.67. The maximum absolute atomic E-state index is 8.74. The third kappa shape index (κ3) is 6.04. The predicted molar refractivity (Wildman–Crippen MR) is 43.5 cm³/mol. The quantitative estimate of drug-likeness (QED) is 0.437. The average Bonchev–Trinajstić information content (AvgIpc) is 2.03. The summed E-state index contributed by atoms with van der Waals surface area (Å²) in [7, 11) is 1.62. The molecule has 0 saturated carbocycles. The van der Waals surface area contributed by atoms with Crippen LogP contribution in [0.1, 0.15) is 6.42 Å². The summed E-state index contributed by atoms with van der Waals surface area (Å²) in [6.07, 6.45) is 2.29. The van der Waals surface area contributed by atoms with Gasteiger partial charge in [-0.1, -0.05) is 6.08 Å². The lowest BCUT2D eigenvalue weighted by Crippen LogP contribution is -2.19. The molecule has 66 valence electrons. The van der Waals surface area contributed by atoms with Crippen molar-refractivity contribution < 1.29 is 14.6 Å². The van der Waals surface area contributed by atoms with Crippen LogP contribution >= 0.6 is 0 Å². The number of ether oxygens (including phenoxy) is 2. The summed E-state index contributed by atoms with van der Waals surface area (Å²) >= 11 is 0. The third-order valence-corrected chi connectivity index (χ3v) is 1.27. The highest BCUT2D eigenvalue weighted by Crippen LogP contribution is 1.97. The monoisotopic (exact) mass is 160 g/mol. The zero-order valence-electron chi connectivity index (χ0n) is 6.95. The highest BCUT2D eigenvalue weighted by Gasteiger charge is 2.03. The van der Waals surface area contributed by atoms with E-state index in [0.29, 0.717) is 19.6 Å². The van der Waals surface area contributed by atoms with Crippen molar-refractivity contribution in [1.82, 2.24) is 0 Å². The Morgan fingerprint density at radius 3 is 2.73 bits per heavy atom. The number of methoxy groups -OCH3 is 1. The topological polar surface area (TPSA) is 38.7 Å². The fourth-order valence-electron chi connectivity index (χ4n) is 0.679. The SMILES string of the molecule is C=CC[C@H](CO)OCCOC. The maximum Gasteiger partial charge on any atom is 0.0841 e. The molecule has 0 aromatic carbocycles. The molecule has 0 aromatic rings. The summed E-state index contributed by atoms with van der Waals surface area (Å²) in [5.74, 6) is 0. The second-order valence-electron chi connectivity index (χ2n) is 2.19. The van der Waals surface area contributed by atoms with Crippen LogP contribution in [0.3, 0.4) is 0 Å². The molecular weight excluding hydrogens is 144 g/mol. The molecule has 3 heteroatoms. The molecule has 1 N–H and O–H groups in total. The van der Waals surface area contributed by atoms with Crippen LogP contribution < -0.4 is 0 Å². The second kappa shape index (κ2) is 7.72. The van der Waals surface area contributed by atoms with Gasteiger partial charge >= 0.3 is 0 Å². The Balaban J connectivity index is 3.27. The molecule has 0 aromatic heterocycles. The van der Waals surface area contributed by atoms with E-state index < -0.39 is 0 Å². The van der Waals surface area contributed by atoms with Gasteiger partial charge in [0.2, 0.25) is 0 Å². The van der Waals surface area contributed by atoms with Gasteiger partial charge in [-0.05, 0) is 6.42 Å². The Bertz CT molecular complexity index is 93.3. The molecule has 0 aliphatic rings. The van der Waals surface area contributed by atoms with Crippen molar-refractivity contribution in [2.45, 2.75) is 12.5 Å². The molecule has 0 fully saturated rings. The summed E-state index contributed by atoms with van der Waals surface area (Å²) in [5.41, 5.74) is 0. The van der Waals surface area contributed by atoms with Crippen LogP contribution in [0.4, 0.5) is 0 Å². The van der Waals surface area contributed by atoms with Gasteiger partial charge in [-0.15, -0.1) is 6.58 Å². The van der Waals surface area contributed by atoms with Crippen molar-refractivity contribution in [2.75, 3.05) is 26.9 Å². The summed E-state index contributed by atoms with van der Waals surface area (Å²) in [6, 6.07) is 0. The predicted octanol–water partition coefficient (Wildman–Crippen LogP) is 0.586. The molecule has 11 heavy (non-hydrogen) atoms. The molecule has 0 spiro atoms. The molecule has 0 bridgehead atoms. The number of hydrogen-bond acceptors (Lipinski definition) is 3. The average molecular weight is 160 g/mol. The molecule has 0 heterocycles. The molecule has 1 atom stereocenters. The van der Waals surface area contributed by atoms with Gasteiger partial charge in [0.25, 0.3) is 0 Å². The largest absolute Gasteiger partial charge is 0.394 e. The van der Waals surface area contributed by atoms with E-state index in [-0.39, 0.29) is 12.7 Å². The van der Waals surface area contributed by atoms with Crippen LogP contribution in [0.5, 0.6) is 0 Å². The van der Waals surface area contributed by atoms with E-state index in [4.69, 9.17) is 14.6 Å². The molecule has 0 aliphatic carbocycles. The van der Waals surface area contributed by atoms with Gasteiger partial charge in [0.1, 0.15) is 0 Å². The molecule has 3 nitrogen and oxygen atoms in total. The highest BCUT2D eigenvalue weighted by atomic mass is 16.5. The van der Waals surface area contributed by atoms with Gasteiger partial charge in [0, 0.05) is 7.11 Å². The third-order valence-electron chi connectivity index (χ3n) is 1.27. The van der Waals surface area contributed by atoms with Gasteiger partial charge in [-0.3, -0.25) is 0 Å². The lowest BCUT2D eigenvalue weighted by Gasteiger charge is -2.12. The zero-order chi connectivity index (χ0) is 8.53. The molecule has 0 amide bonds. The summed E-state index contributed by atoms with van der Waals surface area (Å²) in [5, 5.41) is 8.74. The van der Waals surface area contributed by atoms with Crippen LogP contribution in [0.25, 0.3) is 0 Å². The Morgan fingerprint density at radius 2 is 2.27 bits per heavy atom. The van der Waals surface area contributed by atoms with Gasteiger partial charge in [0.15, 0.2) is 0 Å². The summed E-state index contributed by atoms with van der Waals surface area (Å²) in [4.78, 5) is 0. The Labute approximate surface area is 67.6 Å². The molecule has 0 saturated heterocycles. The van der Waals surface area contributed by atoms with Crippen LogP contribution in [0.2, 0.25) is 0 Å². The molecule has 0 aliphatic heterocycles. The lowest BCUT2D eigenvalue weighted by atomic mass is 10.3. The van der Waals surface area contributed by atoms with Crippen molar-refractivity contribution in [3.8, 4) is 0 Å². The zero-order valence-corrected chi connectivity index (χ0v) is 6.95. The van der Waals surface area contributed by atoms with Gasteiger partial charge < -0.3 is 14.6 Å². The van der Waals surface area contributed by atoms with E-state index in [1.807, 2.05) is 0 Å². The highest BCUT2D eigenvalue weighted by molar-refractivity contribution is 4.72. The van der Waals surface area contributed by atoms with Gasteiger partial charge in [-0.25, -0.2) is 0 Å². The van der Waals surface area contributed by atoms with E-state index in [1.54, 1.807) is 13.2 Å². The first-order valence-electron chi connectivity index (χ1n) is 3.67. The normalized spacial score (nSPS) is 12.9. The van der Waals surface area contributed by atoms with E-state index in [9.17, 15) is 0 Å². The van der Waals surface area contributed by atoms with E-state index >= 15 is 0 Å². The summed E-state index contributed by atoms with van der Waals surface area (Å²) < 4.78 is 10.0. The number of aliphatic hydroxyl groups excluding tert-OH is 1. The lowest BCUT2D eigenvalue weighted by molar-refractivity contribution is -0.00890. The molecule has 0 rings (SSSR count). The first kappa shape index (κ1) is 10.6. The van der Waals surface area contributed by atoms with Crippen molar-refractivity contribution >= 4 is 0 Å². The van der Waals surface area contributed by atoms with E-state index in [2.05, 4.69) is 6.58 Å². The minimum absolute atomic E-state index is 0.0374. The van der Waals surface area contributed by atoms with Gasteiger partial charge in [0.05, 0.1) is 25.9 Å². The Morgan fingerprint density at radius 1 is 1.55 bits per heavy atom. The molecular formula is C8H16O3. The summed E-state index contributed by atoms with van der Waals surface area (Å²) in [6.45, 7) is 4.68. The minimum Gasteiger partial charge on any atom is -0.394 e. The van der Waals surface area contributed by atoms with Crippen LogP contribution in [0.15, 0.2) is 12.7 Å².